The first-order chi connectivity index (χ1) is 10.9. The summed E-state index contributed by atoms with van der Waals surface area (Å²) in [5, 5.41) is 8.00. The Morgan fingerprint density at radius 1 is 1.35 bits per heavy atom. The van der Waals surface area contributed by atoms with Crippen molar-refractivity contribution in [2.75, 3.05) is 19.8 Å². The molecule has 1 aliphatic carbocycles. The lowest BCUT2D eigenvalue weighted by atomic mass is 9.72. The van der Waals surface area contributed by atoms with Crippen LogP contribution in [0.2, 0.25) is 0 Å². The van der Waals surface area contributed by atoms with Crippen LogP contribution in [0.5, 0.6) is 0 Å². The highest BCUT2D eigenvalue weighted by Crippen LogP contribution is 2.48. The molecule has 0 bridgehead atoms. The molecular formula is C15H22F2N4O2. The highest BCUT2D eigenvalue weighted by atomic mass is 19.3. The number of hydrogen-bond donors (Lipinski definition) is 0. The summed E-state index contributed by atoms with van der Waals surface area (Å²) in [5.74, 6) is -2.77. The number of morpholine rings is 1. The van der Waals surface area contributed by atoms with Gasteiger partial charge in [-0.05, 0) is 12.8 Å². The molecule has 8 heteroatoms. The number of alkyl halides is 2. The van der Waals surface area contributed by atoms with E-state index in [4.69, 9.17) is 4.74 Å². The van der Waals surface area contributed by atoms with Gasteiger partial charge in [0.05, 0.1) is 31.3 Å². The number of aromatic nitrogens is 3. The van der Waals surface area contributed by atoms with Crippen LogP contribution in [-0.4, -0.2) is 51.5 Å². The molecule has 1 saturated carbocycles. The van der Waals surface area contributed by atoms with Gasteiger partial charge in [0.2, 0.25) is 5.91 Å². The zero-order valence-electron chi connectivity index (χ0n) is 13.3. The normalized spacial score (nSPS) is 28.1. The largest absolute Gasteiger partial charge is 0.370 e. The van der Waals surface area contributed by atoms with Gasteiger partial charge in [0.15, 0.2) is 0 Å². The van der Waals surface area contributed by atoms with Crippen LogP contribution >= 0.6 is 0 Å². The molecule has 1 aromatic rings. The molecule has 0 N–H and O–H groups in total. The predicted octanol–water partition coefficient (Wildman–Crippen LogP) is 1.85. The van der Waals surface area contributed by atoms with Crippen molar-refractivity contribution in [3.63, 3.8) is 0 Å². The average Bonchev–Trinajstić information content (AvgIpc) is 2.92. The van der Waals surface area contributed by atoms with Gasteiger partial charge in [-0.25, -0.2) is 8.78 Å². The monoisotopic (exact) mass is 328 g/mol. The zero-order chi connectivity index (χ0) is 16.5. The van der Waals surface area contributed by atoms with E-state index < -0.39 is 11.3 Å². The third-order valence-electron chi connectivity index (χ3n) is 4.89. The maximum absolute atomic E-state index is 14.2. The molecule has 0 spiro atoms. The minimum Gasteiger partial charge on any atom is -0.370 e. The Kier molecular flexibility index (Phi) is 4.35. The van der Waals surface area contributed by atoms with Crippen LogP contribution in [0.15, 0.2) is 6.20 Å². The van der Waals surface area contributed by atoms with Gasteiger partial charge in [0.1, 0.15) is 12.3 Å². The number of hydrogen-bond acceptors (Lipinski definition) is 4. The molecule has 0 aromatic carbocycles. The Hall–Kier alpha value is -1.57. The third kappa shape index (κ3) is 3.36. The van der Waals surface area contributed by atoms with Gasteiger partial charge in [0.25, 0.3) is 5.92 Å². The minimum atomic E-state index is -2.68. The summed E-state index contributed by atoms with van der Waals surface area (Å²) in [4.78, 5) is 13.4. The molecule has 1 aromatic heterocycles. The highest BCUT2D eigenvalue weighted by Gasteiger charge is 2.51. The fourth-order valence-electron chi connectivity index (χ4n) is 3.30. The van der Waals surface area contributed by atoms with Crippen molar-refractivity contribution < 1.29 is 18.3 Å². The molecular weight excluding hydrogens is 306 g/mol. The minimum absolute atomic E-state index is 0.0622. The van der Waals surface area contributed by atoms with Crippen molar-refractivity contribution in [2.45, 2.75) is 51.6 Å². The number of rotatable bonds is 4. The predicted molar refractivity (Wildman–Crippen MR) is 77.8 cm³/mol. The lowest BCUT2D eigenvalue weighted by molar-refractivity contribution is -0.149. The first-order valence-electron chi connectivity index (χ1n) is 8.02. The first-order valence-corrected chi connectivity index (χ1v) is 8.02. The maximum atomic E-state index is 14.2. The molecule has 2 aliphatic rings. The summed E-state index contributed by atoms with van der Waals surface area (Å²) >= 11 is 0. The summed E-state index contributed by atoms with van der Waals surface area (Å²) in [7, 11) is 0. The fourth-order valence-corrected chi connectivity index (χ4v) is 3.30. The van der Waals surface area contributed by atoms with Gasteiger partial charge in [-0.1, -0.05) is 18.6 Å². The zero-order valence-corrected chi connectivity index (χ0v) is 13.3. The van der Waals surface area contributed by atoms with Gasteiger partial charge in [-0.2, -0.15) is 0 Å². The first kappa shape index (κ1) is 16.3. The van der Waals surface area contributed by atoms with Gasteiger partial charge < -0.3 is 9.64 Å². The Bertz CT molecular complexity index is 578. The van der Waals surface area contributed by atoms with E-state index in [1.54, 1.807) is 18.0 Å². The van der Waals surface area contributed by atoms with Crippen LogP contribution in [0.1, 0.15) is 38.3 Å². The van der Waals surface area contributed by atoms with Gasteiger partial charge in [0, 0.05) is 13.0 Å². The number of amides is 1. The number of ether oxygens (including phenoxy) is 1. The molecule has 128 valence electrons. The molecule has 23 heavy (non-hydrogen) atoms. The van der Waals surface area contributed by atoms with E-state index in [9.17, 15) is 13.6 Å². The van der Waals surface area contributed by atoms with E-state index in [0.29, 0.717) is 38.2 Å². The van der Waals surface area contributed by atoms with E-state index in [1.807, 2.05) is 0 Å². The SMILES string of the molecule is CC1(Cn2cc(CN3CCOCC3=O)nn2)CCCCC1(F)F. The maximum Gasteiger partial charge on any atom is 0.255 e. The molecule has 3 rings (SSSR count). The summed E-state index contributed by atoms with van der Waals surface area (Å²) < 4.78 is 35.0. The van der Waals surface area contributed by atoms with E-state index in [2.05, 4.69) is 10.3 Å². The fraction of sp³-hybridized carbons (Fsp3) is 0.800. The van der Waals surface area contributed by atoms with Crippen molar-refractivity contribution in [3.05, 3.63) is 11.9 Å². The van der Waals surface area contributed by atoms with Crippen molar-refractivity contribution >= 4 is 5.91 Å². The molecule has 2 heterocycles. The summed E-state index contributed by atoms with van der Waals surface area (Å²) in [5.41, 5.74) is -0.478. The lowest BCUT2D eigenvalue weighted by Gasteiger charge is -2.40. The van der Waals surface area contributed by atoms with Crippen LogP contribution in [0.3, 0.4) is 0 Å². The molecule has 1 amide bonds. The van der Waals surface area contributed by atoms with Crippen LogP contribution in [0.25, 0.3) is 0 Å². The summed E-state index contributed by atoms with van der Waals surface area (Å²) in [6.45, 7) is 3.21. The topological polar surface area (TPSA) is 60.2 Å². The Labute approximate surface area is 133 Å². The quantitative estimate of drug-likeness (QED) is 0.846. The van der Waals surface area contributed by atoms with Gasteiger partial charge in [-0.15, -0.1) is 5.10 Å². The van der Waals surface area contributed by atoms with Crippen LogP contribution < -0.4 is 0 Å². The van der Waals surface area contributed by atoms with Crippen molar-refractivity contribution in [2.24, 2.45) is 5.41 Å². The van der Waals surface area contributed by atoms with Crippen molar-refractivity contribution in [3.8, 4) is 0 Å². The second-order valence-corrected chi connectivity index (χ2v) is 6.75. The van der Waals surface area contributed by atoms with Crippen molar-refractivity contribution in [1.82, 2.24) is 19.9 Å². The standard InChI is InChI=1S/C15H22F2N4O2/c1-14(4-2-3-5-15(14,16)17)11-21-9-12(18-19-21)8-20-6-7-23-10-13(20)22/h9H,2-8,10-11H2,1H3. The number of halogens is 2. The highest BCUT2D eigenvalue weighted by molar-refractivity contribution is 5.77. The molecule has 1 atom stereocenters. The molecule has 2 fully saturated rings. The smallest absolute Gasteiger partial charge is 0.255 e. The Morgan fingerprint density at radius 2 is 2.13 bits per heavy atom. The molecule has 1 saturated heterocycles. The van der Waals surface area contributed by atoms with Crippen LogP contribution in [-0.2, 0) is 22.6 Å². The number of carbonyl (C=O) groups excluding carboxylic acids is 1. The molecule has 0 radical (unpaired) electrons. The van der Waals surface area contributed by atoms with Gasteiger partial charge >= 0.3 is 0 Å². The second-order valence-electron chi connectivity index (χ2n) is 6.75. The second kappa shape index (κ2) is 6.14. The van der Waals surface area contributed by atoms with Crippen LogP contribution in [0.4, 0.5) is 8.78 Å². The Morgan fingerprint density at radius 3 is 2.87 bits per heavy atom. The lowest BCUT2D eigenvalue weighted by Crippen LogP contribution is -2.44. The third-order valence-corrected chi connectivity index (χ3v) is 4.89. The van der Waals surface area contributed by atoms with Crippen molar-refractivity contribution in [1.29, 1.82) is 0 Å². The van der Waals surface area contributed by atoms with E-state index in [0.717, 1.165) is 6.42 Å². The molecule has 6 nitrogen and oxygen atoms in total. The van der Waals surface area contributed by atoms with Gasteiger partial charge in [-0.3, -0.25) is 9.48 Å². The number of carbonyl (C=O) groups is 1. The summed E-state index contributed by atoms with van der Waals surface area (Å²) in [6, 6.07) is 0. The summed E-state index contributed by atoms with van der Waals surface area (Å²) in [6.07, 6.45) is 3.48. The Balaban J connectivity index is 1.66. The van der Waals surface area contributed by atoms with E-state index >= 15 is 0 Å². The number of nitrogens with zero attached hydrogens (tertiary/aromatic N) is 4. The van der Waals surface area contributed by atoms with E-state index in [1.165, 1.54) is 4.68 Å². The average molecular weight is 328 g/mol. The molecule has 1 aliphatic heterocycles. The molecule has 1 unspecified atom stereocenters. The van der Waals surface area contributed by atoms with E-state index in [-0.39, 0.29) is 25.5 Å². The van der Waals surface area contributed by atoms with Crippen LogP contribution in [0, 0.1) is 5.41 Å².